The van der Waals surface area contributed by atoms with Crippen LogP contribution >= 0.6 is 11.6 Å². The molecular weight excluding hydrogens is 196 g/mol. The summed E-state index contributed by atoms with van der Waals surface area (Å²) in [5.41, 5.74) is 0. The summed E-state index contributed by atoms with van der Waals surface area (Å²) in [6, 6.07) is 0. The van der Waals surface area contributed by atoms with Crippen molar-refractivity contribution in [1.82, 2.24) is 0 Å². The van der Waals surface area contributed by atoms with Crippen LogP contribution in [0, 0.1) is 5.92 Å². The molecule has 1 rings (SSSR count). The van der Waals surface area contributed by atoms with Gasteiger partial charge in [0, 0.05) is 5.88 Å². The molecule has 0 spiro atoms. The number of carbonyl (C=O) groups excluding carboxylic acids is 4. The van der Waals surface area contributed by atoms with Crippen LogP contribution in [0.2, 0.25) is 0 Å². The van der Waals surface area contributed by atoms with E-state index in [4.69, 9.17) is 11.6 Å². The van der Waals surface area contributed by atoms with E-state index in [1.165, 1.54) is 0 Å². The first kappa shape index (κ1) is 10.1. The van der Waals surface area contributed by atoms with Crippen molar-refractivity contribution >= 4 is 34.7 Å². The van der Waals surface area contributed by atoms with Crippen molar-refractivity contribution in [1.29, 1.82) is 0 Å². The quantitative estimate of drug-likeness (QED) is 0.357. The molecule has 0 heterocycles. The zero-order valence-electron chi connectivity index (χ0n) is 6.71. The van der Waals surface area contributed by atoms with Crippen molar-refractivity contribution in [3.63, 3.8) is 0 Å². The molecule has 0 aromatic heterocycles. The number of carbonyl (C=O) groups is 4. The lowest BCUT2D eigenvalue weighted by molar-refractivity contribution is -0.151. The molecule has 5 heteroatoms. The van der Waals surface area contributed by atoms with Gasteiger partial charge in [0.15, 0.2) is 5.78 Å². The van der Waals surface area contributed by atoms with Crippen LogP contribution in [0.5, 0.6) is 0 Å². The second kappa shape index (κ2) is 3.79. The van der Waals surface area contributed by atoms with Gasteiger partial charge in [-0.3, -0.25) is 19.2 Å². The average molecular weight is 203 g/mol. The van der Waals surface area contributed by atoms with Crippen LogP contribution in [0.15, 0.2) is 0 Å². The lowest BCUT2D eigenvalue weighted by Crippen LogP contribution is -2.42. The highest BCUT2D eigenvalue weighted by molar-refractivity contribution is 6.69. The Labute approximate surface area is 79.2 Å². The topological polar surface area (TPSA) is 68.3 Å². The minimum Gasteiger partial charge on any atom is -0.298 e. The number of Topliss-reactive ketones (excluding diaryl/α,β-unsaturated/α-hetero) is 4. The molecule has 1 fully saturated rings. The second-order valence-electron chi connectivity index (χ2n) is 2.79. The molecule has 0 radical (unpaired) electrons. The van der Waals surface area contributed by atoms with Gasteiger partial charge in [0.2, 0.25) is 11.6 Å². The molecule has 1 unspecified atom stereocenters. The fraction of sp³-hybridized carbons (Fsp3) is 0.500. The third-order valence-corrected chi connectivity index (χ3v) is 2.13. The van der Waals surface area contributed by atoms with Gasteiger partial charge in [-0.15, -0.1) is 11.6 Å². The number of ketones is 4. The molecule has 1 saturated carbocycles. The van der Waals surface area contributed by atoms with Crippen molar-refractivity contribution in [2.24, 2.45) is 5.92 Å². The van der Waals surface area contributed by atoms with E-state index in [0.29, 0.717) is 0 Å². The van der Waals surface area contributed by atoms with Crippen LogP contribution < -0.4 is 0 Å². The fourth-order valence-electron chi connectivity index (χ4n) is 1.20. The van der Waals surface area contributed by atoms with Crippen molar-refractivity contribution in [3.05, 3.63) is 0 Å². The predicted molar refractivity (Wildman–Crippen MR) is 43.5 cm³/mol. The first-order chi connectivity index (χ1) is 6.07. The molecule has 0 bridgehead atoms. The summed E-state index contributed by atoms with van der Waals surface area (Å²) in [5.74, 6) is -4.21. The normalized spacial score (nSPS) is 23.9. The van der Waals surface area contributed by atoms with Gasteiger partial charge in [0.1, 0.15) is 0 Å². The standard InChI is InChI=1S/C8H7ClO4/c9-2-1-4-5(10)3-6(11)8(13)7(4)12/h4H,1-3H2. The highest BCUT2D eigenvalue weighted by Crippen LogP contribution is 2.16. The maximum absolute atomic E-state index is 11.1. The Hall–Kier alpha value is -1.03. The number of alkyl halides is 1. The summed E-state index contributed by atoms with van der Waals surface area (Å²) in [5, 5.41) is 0. The Morgan fingerprint density at radius 3 is 2.38 bits per heavy atom. The molecule has 13 heavy (non-hydrogen) atoms. The summed E-state index contributed by atoms with van der Waals surface area (Å²) < 4.78 is 0. The van der Waals surface area contributed by atoms with E-state index in [0.717, 1.165) is 0 Å². The van der Waals surface area contributed by atoms with E-state index >= 15 is 0 Å². The Balaban J connectivity index is 2.86. The average Bonchev–Trinajstić information content (AvgIpc) is 2.09. The maximum atomic E-state index is 11.1. The summed E-state index contributed by atoms with van der Waals surface area (Å²) >= 11 is 5.35. The molecule has 1 aliphatic carbocycles. The van der Waals surface area contributed by atoms with Crippen LogP contribution in [0.4, 0.5) is 0 Å². The van der Waals surface area contributed by atoms with E-state index in [1.807, 2.05) is 0 Å². The van der Waals surface area contributed by atoms with E-state index in [1.54, 1.807) is 0 Å². The lowest BCUT2D eigenvalue weighted by Gasteiger charge is -2.15. The van der Waals surface area contributed by atoms with Gasteiger partial charge in [-0.1, -0.05) is 0 Å². The van der Waals surface area contributed by atoms with E-state index in [2.05, 4.69) is 0 Å². The molecule has 4 nitrogen and oxygen atoms in total. The zero-order chi connectivity index (χ0) is 10.0. The minimum absolute atomic E-state index is 0.129. The number of halogens is 1. The molecule has 0 N–H and O–H groups in total. The van der Waals surface area contributed by atoms with Gasteiger partial charge in [-0.05, 0) is 6.42 Å². The Bertz CT molecular complexity index is 295. The Morgan fingerprint density at radius 2 is 1.85 bits per heavy atom. The highest BCUT2D eigenvalue weighted by Gasteiger charge is 2.40. The van der Waals surface area contributed by atoms with Gasteiger partial charge in [0.25, 0.3) is 5.78 Å². The molecule has 0 aromatic rings. The van der Waals surface area contributed by atoms with Gasteiger partial charge >= 0.3 is 0 Å². The first-order valence-corrected chi connectivity index (χ1v) is 4.31. The maximum Gasteiger partial charge on any atom is 0.265 e. The monoisotopic (exact) mass is 202 g/mol. The minimum atomic E-state index is -1.06. The third-order valence-electron chi connectivity index (χ3n) is 1.91. The number of hydrogen-bond acceptors (Lipinski definition) is 4. The molecular formula is C8H7ClO4. The number of rotatable bonds is 2. The largest absolute Gasteiger partial charge is 0.298 e. The Kier molecular flexibility index (Phi) is 2.93. The van der Waals surface area contributed by atoms with Crippen molar-refractivity contribution in [2.45, 2.75) is 12.8 Å². The van der Waals surface area contributed by atoms with Gasteiger partial charge in [-0.2, -0.15) is 0 Å². The second-order valence-corrected chi connectivity index (χ2v) is 3.17. The van der Waals surface area contributed by atoms with Crippen LogP contribution in [-0.2, 0) is 19.2 Å². The molecule has 1 aliphatic rings. The van der Waals surface area contributed by atoms with Gasteiger partial charge < -0.3 is 0 Å². The summed E-state index contributed by atoms with van der Waals surface area (Å²) in [7, 11) is 0. The van der Waals surface area contributed by atoms with Gasteiger partial charge in [0.05, 0.1) is 12.3 Å². The third kappa shape index (κ3) is 1.83. The van der Waals surface area contributed by atoms with Crippen molar-refractivity contribution < 1.29 is 19.2 Å². The summed E-state index contributed by atoms with van der Waals surface area (Å²) in [6.45, 7) is 0. The smallest absolute Gasteiger partial charge is 0.265 e. The van der Waals surface area contributed by atoms with E-state index < -0.39 is 35.5 Å². The van der Waals surface area contributed by atoms with E-state index in [-0.39, 0.29) is 12.3 Å². The molecule has 0 amide bonds. The van der Waals surface area contributed by atoms with Crippen molar-refractivity contribution in [3.8, 4) is 0 Å². The van der Waals surface area contributed by atoms with Gasteiger partial charge in [-0.25, -0.2) is 0 Å². The highest BCUT2D eigenvalue weighted by atomic mass is 35.5. The summed E-state index contributed by atoms with van der Waals surface area (Å²) in [4.78, 5) is 43.8. The molecule has 0 saturated heterocycles. The van der Waals surface area contributed by atoms with Crippen LogP contribution in [0.25, 0.3) is 0 Å². The zero-order valence-corrected chi connectivity index (χ0v) is 7.47. The summed E-state index contributed by atoms with van der Waals surface area (Å²) in [6.07, 6.45) is -0.315. The van der Waals surface area contributed by atoms with E-state index in [9.17, 15) is 19.2 Å². The molecule has 0 aliphatic heterocycles. The lowest BCUT2D eigenvalue weighted by atomic mass is 9.83. The van der Waals surface area contributed by atoms with Crippen LogP contribution in [0.3, 0.4) is 0 Å². The molecule has 0 aromatic carbocycles. The molecule has 70 valence electrons. The predicted octanol–water partition coefficient (Wildman–Crippen LogP) is -0.0884. The number of hydrogen-bond donors (Lipinski definition) is 0. The first-order valence-electron chi connectivity index (χ1n) is 3.78. The fourth-order valence-corrected chi connectivity index (χ4v) is 1.42. The van der Waals surface area contributed by atoms with Crippen LogP contribution in [0.1, 0.15) is 12.8 Å². The van der Waals surface area contributed by atoms with Crippen molar-refractivity contribution in [2.75, 3.05) is 5.88 Å². The van der Waals surface area contributed by atoms with Crippen LogP contribution in [-0.4, -0.2) is 29.0 Å². The SMILES string of the molecule is O=C1CC(=O)C(CCCl)C(=O)C1=O. The Morgan fingerprint density at radius 1 is 1.23 bits per heavy atom. The molecule has 1 atom stereocenters.